The minimum Gasteiger partial charge on any atom is -0.373 e. The maximum atomic E-state index is 9.37. The van der Waals surface area contributed by atoms with Gasteiger partial charge in [-0.1, -0.05) is 25.3 Å². The van der Waals surface area contributed by atoms with Crippen molar-refractivity contribution >= 4 is 5.69 Å². The molecule has 108 valence electrons. The minimum atomic E-state index is 0.788. The molecule has 0 amide bonds. The van der Waals surface area contributed by atoms with Crippen LogP contribution < -0.4 is 10.2 Å². The standard InChI is InChI=1S/C17H25N3/c1-19-12-15-8-9-17(16(10-15)11-18)20(2)13-14-6-4-3-5-7-14/h8-10,14,19H,3-7,12-13H2,1-2H3. The first-order valence-corrected chi connectivity index (χ1v) is 7.63. The minimum absolute atomic E-state index is 0.788. The highest BCUT2D eigenvalue weighted by atomic mass is 15.1. The Bertz CT molecular complexity index is 470. The van der Waals surface area contributed by atoms with E-state index in [0.717, 1.165) is 30.3 Å². The van der Waals surface area contributed by atoms with Crippen LogP contribution in [0.2, 0.25) is 0 Å². The van der Waals surface area contributed by atoms with Crippen molar-refractivity contribution in [1.29, 1.82) is 5.26 Å². The van der Waals surface area contributed by atoms with E-state index >= 15 is 0 Å². The summed E-state index contributed by atoms with van der Waals surface area (Å²) in [6, 6.07) is 8.55. The molecule has 1 aromatic carbocycles. The van der Waals surface area contributed by atoms with Gasteiger partial charge in [-0.3, -0.25) is 0 Å². The Hall–Kier alpha value is -1.53. The summed E-state index contributed by atoms with van der Waals surface area (Å²) in [5.41, 5.74) is 3.02. The van der Waals surface area contributed by atoms with Crippen molar-refractivity contribution in [2.75, 3.05) is 25.5 Å². The van der Waals surface area contributed by atoms with Gasteiger partial charge in [0.05, 0.1) is 11.3 Å². The highest BCUT2D eigenvalue weighted by Gasteiger charge is 2.17. The van der Waals surface area contributed by atoms with Crippen LogP contribution in [-0.2, 0) is 6.54 Å². The quantitative estimate of drug-likeness (QED) is 0.893. The smallest absolute Gasteiger partial charge is 0.101 e. The van der Waals surface area contributed by atoms with Crippen molar-refractivity contribution in [2.24, 2.45) is 5.92 Å². The van der Waals surface area contributed by atoms with Crippen LogP contribution in [0.4, 0.5) is 5.69 Å². The lowest BCUT2D eigenvalue weighted by atomic mass is 9.89. The van der Waals surface area contributed by atoms with E-state index in [1.54, 1.807) is 0 Å². The first kappa shape index (κ1) is 14.9. The molecule has 1 aromatic rings. The molecule has 0 bridgehead atoms. The maximum Gasteiger partial charge on any atom is 0.101 e. The normalized spacial score (nSPS) is 15.8. The number of nitriles is 1. The topological polar surface area (TPSA) is 39.1 Å². The van der Waals surface area contributed by atoms with Crippen molar-refractivity contribution < 1.29 is 0 Å². The van der Waals surface area contributed by atoms with Gasteiger partial charge in [0.25, 0.3) is 0 Å². The van der Waals surface area contributed by atoms with Gasteiger partial charge in [0.15, 0.2) is 0 Å². The van der Waals surface area contributed by atoms with Gasteiger partial charge < -0.3 is 10.2 Å². The average Bonchev–Trinajstić information content (AvgIpc) is 2.48. The lowest BCUT2D eigenvalue weighted by Gasteiger charge is -2.29. The first-order valence-electron chi connectivity index (χ1n) is 7.63. The molecule has 1 aliphatic rings. The van der Waals surface area contributed by atoms with Crippen LogP contribution in [0.3, 0.4) is 0 Å². The molecule has 1 saturated carbocycles. The van der Waals surface area contributed by atoms with Crippen LogP contribution in [0, 0.1) is 17.2 Å². The summed E-state index contributed by atoms with van der Waals surface area (Å²) in [5.74, 6) is 0.789. The lowest BCUT2D eigenvalue weighted by Crippen LogP contribution is -2.27. The Morgan fingerprint density at radius 2 is 2.05 bits per heavy atom. The molecule has 1 fully saturated rings. The van der Waals surface area contributed by atoms with Crippen LogP contribution >= 0.6 is 0 Å². The summed E-state index contributed by atoms with van der Waals surface area (Å²) in [6.45, 7) is 1.88. The summed E-state index contributed by atoms with van der Waals surface area (Å²) >= 11 is 0. The van der Waals surface area contributed by atoms with E-state index in [1.165, 1.54) is 37.7 Å². The van der Waals surface area contributed by atoms with Crippen molar-refractivity contribution in [2.45, 2.75) is 38.6 Å². The van der Waals surface area contributed by atoms with Crippen LogP contribution in [0.25, 0.3) is 0 Å². The van der Waals surface area contributed by atoms with Crippen LogP contribution in [0.5, 0.6) is 0 Å². The van der Waals surface area contributed by atoms with Gasteiger partial charge in [0.1, 0.15) is 6.07 Å². The van der Waals surface area contributed by atoms with E-state index in [1.807, 2.05) is 13.1 Å². The van der Waals surface area contributed by atoms with E-state index in [-0.39, 0.29) is 0 Å². The molecule has 0 unspecified atom stereocenters. The monoisotopic (exact) mass is 271 g/mol. The number of benzene rings is 1. The van der Waals surface area contributed by atoms with Gasteiger partial charge in [-0.2, -0.15) is 5.26 Å². The highest BCUT2D eigenvalue weighted by molar-refractivity contribution is 5.60. The van der Waals surface area contributed by atoms with Crippen LogP contribution in [-0.4, -0.2) is 20.6 Å². The first-order chi connectivity index (χ1) is 9.74. The average molecular weight is 271 g/mol. The summed E-state index contributed by atoms with van der Waals surface area (Å²) in [7, 11) is 4.04. The van der Waals surface area contributed by atoms with Crippen LogP contribution in [0.15, 0.2) is 18.2 Å². The van der Waals surface area contributed by atoms with E-state index in [9.17, 15) is 5.26 Å². The van der Waals surface area contributed by atoms with Gasteiger partial charge in [-0.25, -0.2) is 0 Å². The third-order valence-electron chi connectivity index (χ3n) is 4.23. The SMILES string of the molecule is CNCc1ccc(N(C)CC2CCCCC2)c(C#N)c1. The zero-order valence-corrected chi connectivity index (χ0v) is 12.7. The Morgan fingerprint density at radius 1 is 1.30 bits per heavy atom. The molecule has 0 aliphatic heterocycles. The largest absolute Gasteiger partial charge is 0.373 e. The fourth-order valence-electron chi connectivity index (χ4n) is 3.18. The number of nitrogens with one attached hydrogen (secondary N) is 1. The molecule has 3 nitrogen and oxygen atoms in total. The molecule has 0 radical (unpaired) electrons. The Labute approximate surface area is 122 Å². The molecule has 2 rings (SSSR count). The molecule has 3 heteroatoms. The highest BCUT2D eigenvalue weighted by Crippen LogP contribution is 2.27. The fraction of sp³-hybridized carbons (Fsp3) is 0.588. The molecule has 1 aliphatic carbocycles. The molecular formula is C17H25N3. The van der Waals surface area contributed by atoms with E-state index < -0.39 is 0 Å². The molecule has 0 atom stereocenters. The van der Waals surface area contributed by atoms with Gasteiger partial charge >= 0.3 is 0 Å². The maximum absolute atomic E-state index is 9.37. The lowest BCUT2D eigenvalue weighted by molar-refractivity contribution is 0.362. The number of rotatable bonds is 5. The predicted octanol–water partition coefficient (Wildman–Crippen LogP) is 3.29. The van der Waals surface area contributed by atoms with Crippen molar-refractivity contribution in [3.8, 4) is 6.07 Å². The summed E-state index contributed by atoms with van der Waals surface area (Å²) in [4.78, 5) is 2.26. The Kier molecular flexibility index (Phi) is 5.43. The van der Waals surface area contributed by atoms with E-state index in [0.29, 0.717) is 0 Å². The van der Waals surface area contributed by atoms with E-state index in [2.05, 4.69) is 35.5 Å². The Balaban J connectivity index is 2.08. The molecular weight excluding hydrogens is 246 g/mol. The van der Waals surface area contributed by atoms with Gasteiger partial charge in [0, 0.05) is 20.1 Å². The predicted molar refractivity (Wildman–Crippen MR) is 83.8 cm³/mol. The van der Waals surface area contributed by atoms with Gasteiger partial charge in [-0.05, 0) is 43.5 Å². The van der Waals surface area contributed by atoms with Crippen LogP contribution in [0.1, 0.15) is 43.2 Å². The van der Waals surface area contributed by atoms with Gasteiger partial charge in [0.2, 0.25) is 0 Å². The Morgan fingerprint density at radius 3 is 2.70 bits per heavy atom. The number of nitrogens with zero attached hydrogens (tertiary/aromatic N) is 2. The number of hydrogen-bond acceptors (Lipinski definition) is 3. The second kappa shape index (κ2) is 7.31. The number of anilines is 1. The molecule has 0 spiro atoms. The van der Waals surface area contributed by atoms with Crippen molar-refractivity contribution in [3.05, 3.63) is 29.3 Å². The molecule has 0 saturated heterocycles. The zero-order chi connectivity index (χ0) is 14.4. The zero-order valence-electron chi connectivity index (χ0n) is 12.7. The molecule has 20 heavy (non-hydrogen) atoms. The van der Waals surface area contributed by atoms with Crippen molar-refractivity contribution in [1.82, 2.24) is 5.32 Å². The number of hydrogen-bond donors (Lipinski definition) is 1. The van der Waals surface area contributed by atoms with E-state index in [4.69, 9.17) is 0 Å². The third-order valence-corrected chi connectivity index (χ3v) is 4.23. The molecule has 1 N–H and O–H groups in total. The summed E-state index contributed by atoms with van der Waals surface area (Å²) < 4.78 is 0. The van der Waals surface area contributed by atoms with Gasteiger partial charge in [-0.15, -0.1) is 0 Å². The van der Waals surface area contributed by atoms with Crippen molar-refractivity contribution in [3.63, 3.8) is 0 Å². The third kappa shape index (κ3) is 3.74. The molecule has 0 heterocycles. The second-order valence-corrected chi connectivity index (χ2v) is 5.88. The summed E-state index contributed by atoms with van der Waals surface area (Å²) in [5, 5.41) is 12.5. The fourth-order valence-corrected chi connectivity index (χ4v) is 3.18. The second-order valence-electron chi connectivity index (χ2n) is 5.88. The summed E-state index contributed by atoms with van der Waals surface area (Å²) in [6.07, 6.45) is 6.80. The molecule has 0 aromatic heterocycles.